The number of rotatable bonds is 0. The Balaban J connectivity index is 0.000000310. The molecule has 1 rings (SSSR count). The molecule has 6 N–H and O–H groups in total. The minimum Gasteiger partial charge on any atom is -0.508 e. The van der Waals surface area contributed by atoms with Gasteiger partial charge >= 0.3 is 7.32 Å². The molecule has 0 unspecified atom stereocenters. The first-order valence-corrected chi connectivity index (χ1v) is 3.18. The molecule has 0 aliphatic rings. The van der Waals surface area contributed by atoms with Crippen LogP contribution in [0.5, 0.6) is 17.2 Å². The first kappa shape index (κ1) is 11.6. The highest BCUT2D eigenvalue weighted by Gasteiger charge is 1.94. The maximum Gasteiger partial charge on any atom is 0.631 e. The van der Waals surface area contributed by atoms with Crippen LogP contribution in [0.1, 0.15) is 0 Å². The number of phenols is 3. The fourth-order valence-electron chi connectivity index (χ4n) is 0.580. The van der Waals surface area contributed by atoms with E-state index in [9.17, 15) is 0 Å². The van der Waals surface area contributed by atoms with Crippen LogP contribution in [-0.4, -0.2) is 37.7 Å². The van der Waals surface area contributed by atoms with E-state index in [1.54, 1.807) is 0 Å². The molecule has 0 aromatic heterocycles. The zero-order valence-corrected chi connectivity index (χ0v) is 6.49. The SMILES string of the molecule is OB(O)O.Oc1cc(O)cc(O)c1. The second-order valence-corrected chi connectivity index (χ2v) is 2.05. The average Bonchev–Trinajstić information content (AvgIpc) is 1.80. The summed E-state index contributed by atoms with van der Waals surface area (Å²) in [6.45, 7) is 0. The minimum atomic E-state index is -2.17. The molecule has 0 spiro atoms. The van der Waals surface area contributed by atoms with E-state index in [0.29, 0.717) is 0 Å². The Hall–Kier alpha value is -1.44. The van der Waals surface area contributed by atoms with E-state index in [4.69, 9.17) is 30.4 Å². The van der Waals surface area contributed by atoms with E-state index >= 15 is 0 Å². The Bertz CT molecular complexity index is 210. The average molecular weight is 188 g/mol. The normalized spacial score (nSPS) is 8.54. The molecule has 0 fully saturated rings. The van der Waals surface area contributed by atoms with E-state index < -0.39 is 7.32 Å². The van der Waals surface area contributed by atoms with Crippen molar-refractivity contribution in [3.05, 3.63) is 18.2 Å². The Kier molecular flexibility index (Phi) is 4.67. The highest BCUT2D eigenvalue weighted by atomic mass is 16.5. The Morgan fingerprint density at radius 3 is 1.00 bits per heavy atom. The summed E-state index contributed by atoms with van der Waals surface area (Å²) in [5.41, 5.74) is 0. The summed E-state index contributed by atoms with van der Waals surface area (Å²) >= 11 is 0. The number of phenolic OH excluding ortho intramolecular Hbond substituents is 3. The van der Waals surface area contributed by atoms with Crippen LogP contribution in [-0.2, 0) is 0 Å². The maximum absolute atomic E-state index is 8.67. The van der Waals surface area contributed by atoms with Crippen LogP contribution in [0.4, 0.5) is 0 Å². The van der Waals surface area contributed by atoms with Crippen LogP contribution in [0.15, 0.2) is 18.2 Å². The molecule has 0 saturated carbocycles. The van der Waals surface area contributed by atoms with Gasteiger partial charge in [-0.3, -0.25) is 0 Å². The fourth-order valence-corrected chi connectivity index (χ4v) is 0.580. The summed E-state index contributed by atoms with van der Waals surface area (Å²) < 4.78 is 0. The molecule has 72 valence electrons. The van der Waals surface area contributed by atoms with Crippen LogP contribution >= 0.6 is 0 Å². The van der Waals surface area contributed by atoms with Gasteiger partial charge in [0, 0.05) is 18.2 Å². The van der Waals surface area contributed by atoms with Crippen molar-refractivity contribution < 1.29 is 30.4 Å². The highest BCUT2D eigenvalue weighted by molar-refractivity contribution is 6.30. The second kappa shape index (κ2) is 5.25. The van der Waals surface area contributed by atoms with E-state index in [2.05, 4.69) is 0 Å². The molecular formula is C6H9BO6. The lowest BCUT2D eigenvalue weighted by atomic mass is 10.3. The van der Waals surface area contributed by atoms with Crippen molar-refractivity contribution in [2.75, 3.05) is 0 Å². The molecule has 0 amide bonds. The first-order chi connectivity index (χ1) is 5.91. The Labute approximate surface area is 74.1 Å². The number of hydrogen-bond donors (Lipinski definition) is 6. The predicted molar refractivity (Wildman–Crippen MR) is 43.8 cm³/mol. The monoisotopic (exact) mass is 188 g/mol. The van der Waals surface area contributed by atoms with Gasteiger partial charge in [0.2, 0.25) is 0 Å². The maximum atomic E-state index is 8.67. The molecule has 0 heterocycles. The molecule has 0 bridgehead atoms. The molecule has 6 nitrogen and oxygen atoms in total. The van der Waals surface area contributed by atoms with E-state index in [1.807, 2.05) is 0 Å². The van der Waals surface area contributed by atoms with Crippen molar-refractivity contribution in [1.29, 1.82) is 0 Å². The van der Waals surface area contributed by atoms with Crippen molar-refractivity contribution in [3.8, 4) is 17.2 Å². The van der Waals surface area contributed by atoms with Gasteiger partial charge < -0.3 is 30.4 Å². The molecule has 0 saturated heterocycles. The number of aromatic hydroxyl groups is 3. The summed E-state index contributed by atoms with van der Waals surface area (Å²) in [7, 11) is -2.17. The third-order valence-electron chi connectivity index (χ3n) is 0.887. The Morgan fingerprint density at radius 2 is 0.846 bits per heavy atom. The molecule has 1 aromatic carbocycles. The largest absolute Gasteiger partial charge is 0.631 e. The molecular weight excluding hydrogens is 179 g/mol. The van der Waals surface area contributed by atoms with Crippen LogP contribution in [0.3, 0.4) is 0 Å². The van der Waals surface area contributed by atoms with Gasteiger partial charge in [-0.25, -0.2) is 0 Å². The number of benzene rings is 1. The van der Waals surface area contributed by atoms with Crippen molar-refractivity contribution in [3.63, 3.8) is 0 Å². The minimum absolute atomic E-state index is 0.146. The van der Waals surface area contributed by atoms with Crippen LogP contribution in [0.2, 0.25) is 0 Å². The number of hydrogen-bond acceptors (Lipinski definition) is 6. The molecule has 0 radical (unpaired) electrons. The molecule has 13 heavy (non-hydrogen) atoms. The molecule has 0 aliphatic heterocycles. The van der Waals surface area contributed by atoms with Crippen molar-refractivity contribution >= 4 is 7.32 Å². The van der Waals surface area contributed by atoms with Gasteiger partial charge in [-0.1, -0.05) is 0 Å². The van der Waals surface area contributed by atoms with Crippen LogP contribution in [0, 0.1) is 0 Å². The van der Waals surface area contributed by atoms with Gasteiger partial charge in [0.25, 0.3) is 0 Å². The van der Waals surface area contributed by atoms with E-state index in [-0.39, 0.29) is 17.2 Å². The van der Waals surface area contributed by atoms with Gasteiger partial charge in [-0.15, -0.1) is 0 Å². The van der Waals surface area contributed by atoms with E-state index in [1.165, 1.54) is 0 Å². The topological polar surface area (TPSA) is 121 Å². The van der Waals surface area contributed by atoms with Gasteiger partial charge in [0.1, 0.15) is 17.2 Å². The lowest BCUT2D eigenvalue weighted by molar-refractivity contribution is 0.278. The van der Waals surface area contributed by atoms with Gasteiger partial charge in [0.05, 0.1) is 0 Å². The zero-order valence-electron chi connectivity index (χ0n) is 6.49. The summed E-state index contributed by atoms with van der Waals surface area (Å²) in [5, 5.41) is 47.5. The second-order valence-electron chi connectivity index (χ2n) is 2.05. The Morgan fingerprint density at radius 1 is 0.692 bits per heavy atom. The summed E-state index contributed by atoms with van der Waals surface area (Å²) in [6, 6.07) is 3.42. The van der Waals surface area contributed by atoms with Gasteiger partial charge in [-0.05, 0) is 0 Å². The molecule has 0 atom stereocenters. The van der Waals surface area contributed by atoms with Gasteiger partial charge in [-0.2, -0.15) is 0 Å². The zero-order chi connectivity index (χ0) is 10.4. The molecule has 0 aliphatic carbocycles. The van der Waals surface area contributed by atoms with Crippen molar-refractivity contribution in [2.24, 2.45) is 0 Å². The molecule has 7 heteroatoms. The summed E-state index contributed by atoms with van der Waals surface area (Å²) in [5.74, 6) is -0.437. The van der Waals surface area contributed by atoms with Crippen molar-refractivity contribution in [2.45, 2.75) is 0 Å². The van der Waals surface area contributed by atoms with Crippen LogP contribution in [0.25, 0.3) is 0 Å². The lowest BCUT2D eigenvalue weighted by Gasteiger charge is -1.94. The standard InChI is InChI=1S/C6H6O3.BH3O3/c7-4-1-5(8)3-6(9)2-4;2-1(3)4/h1-3,7-9H;2-4H. The summed E-state index contributed by atoms with van der Waals surface area (Å²) in [6.07, 6.45) is 0. The lowest BCUT2D eigenvalue weighted by Crippen LogP contribution is -2.07. The smallest absolute Gasteiger partial charge is 0.508 e. The fraction of sp³-hybridized carbons (Fsp3) is 0. The quantitative estimate of drug-likeness (QED) is 0.283. The summed E-state index contributed by atoms with van der Waals surface area (Å²) in [4.78, 5) is 0. The molecule has 1 aromatic rings. The first-order valence-electron chi connectivity index (χ1n) is 3.18. The van der Waals surface area contributed by atoms with E-state index in [0.717, 1.165) is 18.2 Å². The predicted octanol–water partition coefficient (Wildman–Crippen LogP) is -1.25. The van der Waals surface area contributed by atoms with Gasteiger partial charge in [0.15, 0.2) is 0 Å². The van der Waals surface area contributed by atoms with Crippen molar-refractivity contribution in [1.82, 2.24) is 0 Å². The van der Waals surface area contributed by atoms with Crippen LogP contribution < -0.4 is 0 Å². The third kappa shape index (κ3) is 6.94. The highest BCUT2D eigenvalue weighted by Crippen LogP contribution is 2.23. The third-order valence-corrected chi connectivity index (χ3v) is 0.887.